The van der Waals surface area contributed by atoms with Crippen LogP contribution in [0.3, 0.4) is 0 Å². The van der Waals surface area contributed by atoms with Crippen LogP contribution in [-0.4, -0.2) is 27.6 Å². The predicted molar refractivity (Wildman–Crippen MR) is 92.0 cm³/mol. The van der Waals surface area contributed by atoms with Gasteiger partial charge >= 0.3 is 0 Å². The second kappa shape index (κ2) is 7.55. The molecule has 0 spiro atoms. The van der Waals surface area contributed by atoms with Gasteiger partial charge in [0.1, 0.15) is 5.01 Å². The van der Waals surface area contributed by atoms with Crippen LogP contribution in [-0.2, 0) is 17.6 Å². The van der Waals surface area contributed by atoms with Crippen molar-refractivity contribution < 1.29 is 9.32 Å². The molecule has 0 fully saturated rings. The first-order valence-electron chi connectivity index (χ1n) is 7.37. The molecule has 0 radical (unpaired) electrons. The topological polar surface area (TPSA) is 80.9 Å². The lowest BCUT2D eigenvalue weighted by Crippen LogP contribution is -2.27. The lowest BCUT2D eigenvalue weighted by atomic mass is 10.2. The third-order valence-electron chi connectivity index (χ3n) is 3.25. The molecule has 3 aromatic rings. The van der Waals surface area contributed by atoms with Gasteiger partial charge in [0.15, 0.2) is 5.82 Å². The first-order valence-corrected chi connectivity index (χ1v) is 8.63. The third-order valence-corrected chi connectivity index (χ3v) is 4.50. The molecule has 2 aromatic heterocycles. The first kappa shape index (κ1) is 16.6. The maximum absolute atomic E-state index is 11.8. The van der Waals surface area contributed by atoms with E-state index in [2.05, 4.69) is 20.4 Å². The van der Waals surface area contributed by atoms with E-state index in [9.17, 15) is 4.79 Å². The molecule has 0 saturated carbocycles. The van der Waals surface area contributed by atoms with E-state index in [1.54, 1.807) is 18.3 Å². The molecule has 0 aliphatic heterocycles. The van der Waals surface area contributed by atoms with Crippen LogP contribution >= 0.6 is 22.9 Å². The zero-order chi connectivity index (χ0) is 16.9. The lowest BCUT2D eigenvalue weighted by Gasteiger charge is -2.02. The van der Waals surface area contributed by atoms with Crippen LogP contribution in [0.2, 0.25) is 5.02 Å². The van der Waals surface area contributed by atoms with Crippen LogP contribution in [0.25, 0.3) is 10.6 Å². The minimum absolute atomic E-state index is 0.110. The average molecular weight is 363 g/mol. The Morgan fingerprint density at radius 3 is 2.92 bits per heavy atom. The van der Waals surface area contributed by atoms with Crippen LogP contribution in [0.5, 0.6) is 0 Å². The van der Waals surface area contributed by atoms with Crippen molar-refractivity contribution in [2.45, 2.75) is 19.8 Å². The number of aromatic nitrogens is 3. The Balaban J connectivity index is 1.51. The molecular formula is C16H15ClN4O2S. The summed E-state index contributed by atoms with van der Waals surface area (Å²) in [6.45, 7) is 2.19. The normalized spacial score (nSPS) is 10.8. The summed E-state index contributed by atoms with van der Waals surface area (Å²) >= 11 is 7.72. The molecule has 2 heterocycles. The molecule has 0 bridgehead atoms. The maximum atomic E-state index is 11.8. The molecule has 24 heavy (non-hydrogen) atoms. The van der Waals surface area contributed by atoms with Gasteiger partial charge in [-0.2, -0.15) is 4.98 Å². The molecule has 6 nitrogen and oxygen atoms in total. The minimum atomic E-state index is -0.141. The molecule has 0 aliphatic rings. The van der Waals surface area contributed by atoms with E-state index >= 15 is 0 Å². The van der Waals surface area contributed by atoms with Crippen molar-refractivity contribution in [1.82, 2.24) is 20.4 Å². The van der Waals surface area contributed by atoms with E-state index in [-0.39, 0.29) is 12.3 Å². The van der Waals surface area contributed by atoms with Crippen molar-refractivity contribution in [3.05, 3.63) is 52.1 Å². The summed E-state index contributed by atoms with van der Waals surface area (Å²) in [6, 6.07) is 7.61. The molecule has 8 heteroatoms. The number of amides is 1. The average Bonchev–Trinajstić information content (AvgIpc) is 3.17. The molecule has 1 amide bonds. The quantitative estimate of drug-likeness (QED) is 0.728. The summed E-state index contributed by atoms with van der Waals surface area (Å²) in [4.78, 5) is 20.4. The number of rotatable bonds is 6. The zero-order valence-electron chi connectivity index (χ0n) is 13.0. The fourth-order valence-electron chi connectivity index (χ4n) is 2.13. The Kier molecular flexibility index (Phi) is 5.22. The molecule has 3 rings (SSSR count). The number of nitrogens with one attached hydrogen (secondary N) is 1. The number of benzene rings is 1. The molecule has 0 unspecified atom stereocenters. The monoisotopic (exact) mass is 362 g/mol. The molecule has 1 aromatic carbocycles. The molecular weight excluding hydrogens is 348 g/mol. The van der Waals surface area contributed by atoms with E-state index in [4.69, 9.17) is 16.1 Å². The highest BCUT2D eigenvalue weighted by molar-refractivity contribution is 7.13. The Labute approximate surface area is 147 Å². The number of aryl methyl sites for hydroxylation is 1. The number of hydrogen-bond acceptors (Lipinski definition) is 6. The van der Waals surface area contributed by atoms with Crippen molar-refractivity contribution in [2.75, 3.05) is 6.54 Å². The fourth-order valence-corrected chi connectivity index (χ4v) is 3.30. The van der Waals surface area contributed by atoms with Gasteiger partial charge in [0.2, 0.25) is 11.8 Å². The summed E-state index contributed by atoms with van der Waals surface area (Å²) in [5.74, 6) is 0.699. The van der Waals surface area contributed by atoms with E-state index in [0.29, 0.717) is 29.7 Å². The summed E-state index contributed by atoms with van der Waals surface area (Å²) in [5.41, 5.74) is 1.84. The van der Waals surface area contributed by atoms with E-state index in [1.165, 1.54) is 0 Å². The smallest absolute Gasteiger partial charge is 0.227 e. The largest absolute Gasteiger partial charge is 0.355 e. The second-order valence-electron chi connectivity index (χ2n) is 5.13. The Morgan fingerprint density at radius 1 is 1.33 bits per heavy atom. The van der Waals surface area contributed by atoms with Gasteiger partial charge in [-0.1, -0.05) is 35.0 Å². The van der Waals surface area contributed by atoms with Gasteiger partial charge in [-0.15, -0.1) is 11.3 Å². The van der Waals surface area contributed by atoms with Crippen molar-refractivity contribution in [3.8, 4) is 10.6 Å². The van der Waals surface area contributed by atoms with Gasteiger partial charge in [0.25, 0.3) is 0 Å². The Bertz CT molecular complexity index is 846. The number of halogens is 1. The van der Waals surface area contributed by atoms with Gasteiger partial charge in [-0.25, -0.2) is 4.98 Å². The predicted octanol–water partition coefficient (Wildman–Crippen LogP) is 3.06. The van der Waals surface area contributed by atoms with Gasteiger partial charge < -0.3 is 9.84 Å². The minimum Gasteiger partial charge on any atom is -0.355 e. The second-order valence-corrected chi connectivity index (χ2v) is 6.40. The van der Waals surface area contributed by atoms with Crippen LogP contribution in [0.4, 0.5) is 0 Å². The van der Waals surface area contributed by atoms with Crippen molar-refractivity contribution in [2.24, 2.45) is 0 Å². The number of carbonyl (C=O) groups is 1. The summed E-state index contributed by atoms with van der Waals surface area (Å²) in [7, 11) is 0. The van der Waals surface area contributed by atoms with Crippen LogP contribution in [0.15, 0.2) is 34.2 Å². The molecule has 124 valence electrons. The maximum Gasteiger partial charge on any atom is 0.227 e. The van der Waals surface area contributed by atoms with Crippen molar-refractivity contribution in [3.63, 3.8) is 0 Å². The van der Waals surface area contributed by atoms with E-state index in [0.717, 1.165) is 16.3 Å². The van der Waals surface area contributed by atoms with Crippen molar-refractivity contribution >= 4 is 28.8 Å². The Hall–Kier alpha value is -2.25. The zero-order valence-corrected chi connectivity index (χ0v) is 14.5. The van der Waals surface area contributed by atoms with Crippen LogP contribution < -0.4 is 5.32 Å². The SMILES string of the molecule is Cc1nc(CC(=O)NCCc2csc(-c3ccccc3Cl)n2)no1. The highest BCUT2D eigenvalue weighted by Crippen LogP contribution is 2.30. The standard InChI is InChI=1S/C16H15ClN4O2S/c1-10-19-14(21-23-10)8-15(22)18-7-6-11-9-24-16(20-11)12-4-2-3-5-13(12)17/h2-5,9H,6-8H2,1H3,(H,18,22). The lowest BCUT2D eigenvalue weighted by molar-refractivity contribution is -0.120. The highest BCUT2D eigenvalue weighted by Gasteiger charge is 2.10. The van der Waals surface area contributed by atoms with Gasteiger partial charge in [-0.05, 0) is 6.07 Å². The van der Waals surface area contributed by atoms with Gasteiger partial charge in [0.05, 0.1) is 17.1 Å². The van der Waals surface area contributed by atoms with E-state index in [1.807, 2.05) is 29.6 Å². The number of carbonyl (C=O) groups excluding carboxylic acids is 1. The van der Waals surface area contributed by atoms with Crippen molar-refractivity contribution in [1.29, 1.82) is 0 Å². The number of nitrogens with zero attached hydrogens (tertiary/aromatic N) is 3. The summed E-state index contributed by atoms with van der Waals surface area (Å²) in [5, 5.41) is 10.1. The van der Waals surface area contributed by atoms with Gasteiger partial charge in [0, 0.05) is 30.8 Å². The Morgan fingerprint density at radius 2 is 2.17 bits per heavy atom. The third kappa shape index (κ3) is 4.18. The molecule has 0 saturated heterocycles. The summed E-state index contributed by atoms with van der Waals surface area (Å²) < 4.78 is 4.83. The van der Waals surface area contributed by atoms with Gasteiger partial charge in [-0.3, -0.25) is 4.79 Å². The first-order chi connectivity index (χ1) is 11.6. The van der Waals surface area contributed by atoms with Crippen LogP contribution in [0, 0.1) is 6.92 Å². The molecule has 1 N–H and O–H groups in total. The highest BCUT2D eigenvalue weighted by atomic mass is 35.5. The fraction of sp³-hybridized carbons (Fsp3) is 0.250. The van der Waals surface area contributed by atoms with E-state index < -0.39 is 0 Å². The summed E-state index contributed by atoms with van der Waals surface area (Å²) in [6.07, 6.45) is 0.761. The number of thiazole rings is 1. The van der Waals surface area contributed by atoms with Crippen LogP contribution in [0.1, 0.15) is 17.4 Å². The molecule has 0 aliphatic carbocycles. The molecule has 0 atom stereocenters. The number of hydrogen-bond donors (Lipinski definition) is 1.